The average Bonchev–Trinajstić information content (AvgIpc) is 2.82. The topological polar surface area (TPSA) is 75.1 Å². The van der Waals surface area contributed by atoms with E-state index in [-0.39, 0.29) is 0 Å². The van der Waals surface area contributed by atoms with Crippen molar-refractivity contribution in [1.82, 2.24) is 9.97 Å². The molecule has 2 heterocycles. The fourth-order valence-electron chi connectivity index (χ4n) is 1.29. The first kappa shape index (κ1) is 11.5. The molecule has 5 nitrogen and oxygen atoms in total. The standard InChI is InChI=1S/C11H11N3O2S/c1-7(11(15)16)14-10-4-9(12-6-13-10)8-2-3-17-5-8/h2-7H,1H3,(H,15,16)(H,12,13,14). The molecule has 0 aliphatic carbocycles. The van der Waals surface area contributed by atoms with Gasteiger partial charge in [-0.25, -0.2) is 9.97 Å². The number of hydrogen-bond donors (Lipinski definition) is 2. The maximum Gasteiger partial charge on any atom is 0.325 e. The second-order valence-electron chi connectivity index (χ2n) is 3.50. The first-order valence-corrected chi connectivity index (χ1v) is 5.95. The number of carboxylic acid groups (broad SMARTS) is 1. The third kappa shape index (κ3) is 2.79. The Morgan fingerprint density at radius 2 is 2.35 bits per heavy atom. The number of nitrogens with one attached hydrogen (secondary N) is 1. The van der Waals surface area contributed by atoms with E-state index in [0.29, 0.717) is 5.82 Å². The zero-order valence-corrected chi connectivity index (χ0v) is 9.94. The second-order valence-corrected chi connectivity index (χ2v) is 4.28. The zero-order valence-electron chi connectivity index (χ0n) is 9.12. The largest absolute Gasteiger partial charge is 0.480 e. The van der Waals surface area contributed by atoms with Crippen LogP contribution < -0.4 is 5.32 Å². The van der Waals surface area contributed by atoms with Crippen molar-refractivity contribution in [3.8, 4) is 11.3 Å². The smallest absolute Gasteiger partial charge is 0.325 e. The van der Waals surface area contributed by atoms with E-state index in [2.05, 4.69) is 15.3 Å². The number of nitrogens with zero attached hydrogens (tertiary/aromatic N) is 2. The summed E-state index contributed by atoms with van der Waals surface area (Å²) in [5, 5.41) is 15.5. The van der Waals surface area contributed by atoms with E-state index in [1.54, 1.807) is 24.3 Å². The lowest BCUT2D eigenvalue weighted by Gasteiger charge is -2.09. The average molecular weight is 249 g/mol. The summed E-state index contributed by atoms with van der Waals surface area (Å²) >= 11 is 1.58. The van der Waals surface area contributed by atoms with Crippen LogP contribution in [-0.2, 0) is 4.79 Å². The van der Waals surface area contributed by atoms with Crippen LogP contribution in [0, 0.1) is 0 Å². The minimum absolute atomic E-state index is 0.510. The molecule has 2 aromatic heterocycles. The summed E-state index contributed by atoms with van der Waals surface area (Å²) in [6.45, 7) is 1.56. The number of aliphatic carboxylic acids is 1. The number of carboxylic acids is 1. The highest BCUT2D eigenvalue weighted by molar-refractivity contribution is 7.08. The number of rotatable bonds is 4. The Hall–Kier alpha value is -1.95. The molecular weight excluding hydrogens is 238 g/mol. The summed E-state index contributed by atoms with van der Waals surface area (Å²) in [6, 6.07) is 3.01. The van der Waals surface area contributed by atoms with Crippen molar-refractivity contribution in [3.63, 3.8) is 0 Å². The molecule has 0 fully saturated rings. The Balaban J connectivity index is 2.20. The van der Waals surface area contributed by atoms with Crippen molar-refractivity contribution in [1.29, 1.82) is 0 Å². The van der Waals surface area contributed by atoms with Crippen molar-refractivity contribution >= 4 is 23.1 Å². The molecule has 0 saturated heterocycles. The fraction of sp³-hybridized carbons (Fsp3) is 0.182. The highest BCUT2D eigenvalue weighted by Crippen LogP contribution is 2.21. The van der Waals surface area contributed by atoms with Gasteiger partial charge in [0, 0.05) is 17.0 Å². The van der Waals surface area contributed by atoms with Gasteiger partial charge in [0.15, 0.2) is 0 Å². The Morgan fingerprint density at radius 1 is 1.53 bits per heavy atom. The van der Waals surface area contributed by atoms with Gasteiger partial charge in [-0.3, -0.25) is 4.79 Å². The van der Waals surface area contributed by atoms with Gasteiger partial charge in [-0.05, 0) is 18.4 Å². The van der Waals surface area contributed by atoms with Gasteiger partial charge in [0.05, 0.1) is 5.69 Å². The molecule has 0 spiro atoms. The molecule has 0 aliphatic rings. The second kappa shape index (κ2) is 4.92. The molecule has 0 saturated carbocycles. The Kier molecular flexibility index (Phi) is 3.34. The summed E-state index contributed by atoms with van der Waals surface area (Å²) in [4.78, 5) is 18.8. The molecule has 6 heteroatoms. The maximum atomic E-state index is 10.7. The van der Waals surface area contributed by atoms with E-state index < -0.39 is 12.0 Å². The van der Waals surface area contributed by atoms with Crippen LogP contribution in [0.4, 0.5) is 5.82 Å². The SMILES string of the molecule is CC(Nc1cc(-c2ccsc2)ncn1)C(=O)O. The van der Waals surface area contributed by atoms with Crippen molar-refractivity contribution < 1.29 is 9.90 Å². The number of thiophene rings is 1. The first-order chi connectivity index (χ1) is 8.16. The van der Waals surface area contributed by atoms with Crippen molar-refractivity contribution in [3.05, 3.63) is 29.2 Å². The van der Waals surface area contributed by atoms with E-state index in [4.69, 9.17) is 5.11 Å². The minimum Gasteiger partial charge on any atom is -0.480 e. The zero-order chi connectivity index (χ0) is 12.3. The fourth-order valence-corrected chi connectivity index (χ4v) is 1.94. The van der Waals surface area contributed by atoms with Crippen LogP contribution in [-0.4, -0.2) is 27.1 Å². The summed E-state index contributed by atoms with van der Waals surface area (Å²) in [7, 11) is 0. The van der Waals surface area contributed by atoms with E-state index in [0.717, 1.165) is 11.3 Å². The van der Waals surface area contributed by atoms with Gasteiger partial charge in [0.2, 0.25) is 0 Å². The molecule has 88 valence electrons. The van der Waals surface area contributed by atoms with Crippen LogP contribution in [0.1, 0.15) is 6.92 Å². The third-order valence-electron chi connectivity index (χ3n) is 2.22. The van der Waals surface area contributed by atoms with Crippen LogP contribution in [0.2, 0.25) is 0 Å². The minimum atomic E-state index is -0.916. The molecular formula is C11H11N3O2S. The molecule has 0 bridgehead atoms. The van der Waals surface area contributed by atoms with E-state index in [1.807, 2.05) is 16.8 Å². The summed E-state index contributed by atoms with van der Waals surface area (Å²) in [5.41, 5.74) is 1.78. The quantitative estimate of drug-likeness (QED) is 0.867. The van der Waals surface area contributed by atoms with Crippen LogP contribution in [0.15, 0.2) is 29.2 Å². The predicted octanol–water partition coefficient (Wildman–Crippen LogP) is 2.09. The molecule has 0 radical (unpaired) electrons. The Labute approximate surface area is 102 Å². The molecule has 1 unspecified atom stereocenters. The van der Waals surface area contributed by atoms with Crippen LogP contribution >= 0.6 is 11.3 Å². The first-order valence-electron chi connectivity index (χ1n) is 5.01. The van der Waals surface area contributed by atoms with E-state index in [1.165, 1.54) is 6.33 Å². The van der Waals surface area contributed by atoms with Gasteiger partial charge in [0.25, 0.3) is 0 Å². The summed E-state index contributed by atoms with van der Waals surface area (Å²) < 4.78 is 0. The van der Waals surface area contributed by atoms with Gasteiger partial charge in [0.1, 0.15) is 18.2 Å². The lowest BCUT2D eigenvalue weighted by molar-refractivity contribution is -0.137. The monoisotopic (exact) mass is 249 g/mol. The normalized spacial score (nSPS) is 12.1. The molecule has 17 heavy (non-hydrogen) atoms. The van der Waals surface area contributed by atoms with Gasteiger partial charge in [-0.15, -0.1) is 0 Å². The lowest BCUT2D eigenvalue weighted by atomic mass is 10.2. The van der Waals surface area contributed by atoms with E-state index in [9.17, 15) is 4.79 Å². The van der Waals surface area contributed by atoms with Crippen molar-refractivity contribution in [2.75, 3.05) is 5.32 Å². The Bertz CT molecular complexity index is 513. The van der Waals surface area contributed by atoms with Crippen molar-refractivity contribution in [2.24, 2.45) is 0 Å². The molecule has 2 rings (SSSR count). The number of carbonyl (C=O) groups is 1. The van der Waals surface area contributed by atoms with Gasteiger partial charge in [-0.2, -0.15) is 11.3 Å². The van der Waals surface area contributed by atoms with Gasteiger partial charge in [-0.1, -0.05) is 0 Å². The predicted molar refractivity (Wildman–Crippen MR) is 66.1 cm³/mol. The number of anilines is 1. The maximum absolute atomic E-state index is 10.7. The molecule has 2 aromatic rings. The molecule has 2 N–H and O–H groups in total. The molecule has 1 atom stereocenters. The highest BCUT2D eigenvalue weighted by Gasteiger charge is 2.11. The van der Waals surface area contributed by atoms with Gasteiger partial charge < -0.3 is 10.4 Å². The van der Waals surface area contributed by atoms with Crippen LogP contribution in [0.25, 0.3) is 11.3 Å². The van der Waals surface area contributed by atoms with Crippen molar-refractivity contribution in [2.45, 2.75) is 13.0 Å². The molecule has 0 amide bonds. The Morgan fingerprint density at radius 3 is 3.00 bits per heavy atom. The van der Waals surface area contributed by atoms with Crippen LogP contribution in [0.5, 0.6) is 0 Å². The number of hydrogen-bond acceptors (Lipinski definition) is 5. The van der Waals surface area contributed by atoms with E-state index >= 15 is 0 Å². The number of aromatic nitrogens is 2. The summed E-state index contributed by atoms with van der Waals surface area (Å²) in [6.07, 6.45) is 1.42. The molecule has 0 aliphatic heterocycles. The molecule has 0 aromatic carbocycles. The van der Waals surface area contributed by atoms with Gasteiger partial charge >= 0.3 is 5.97 Å². The summed E-state index contributed by atoms with van der Waals surface area (Å²) in [5.74, 6) is -0.406. The highest BCUT2D eigenvalue weighted by atomic mass is 32.1. The lowest BCUT2D eigenvalue weighted by Crippen LogP contribution is -2.25. The van der Waals surface area contributed by atoms with Crippen LogP contribution in [0.3, 0.4) is 0 Å². The third-order valence-corrected chi connectivity index (χ3v) is 2.90.